The van der Waals surface area contributed by atoms with Crippen molar-refractivity contribution in [3.05, 3.63) is 47.2 Å². The Kier molecular flexibility index (Phi) is 4.88. The van der Waals surface area contributed by atoms with E-state index in [2.05, 4.69) is 46.9 Å². The van der Waals surface area contributed by atoms with E-state index in [1.807, 2.05) is 41.9 Å². The minimum atomic E-state index is -0.200. The van der Waals surface area contributed by atoms with Gasteiger partial charge in [0.2, 0.25) is 5.91 Å². The van der Waals surface area contributed by atoms with Crippen LogP contribution in [-0.4, -0.2) is 15.7 Å². The average molecular weight is 327 g/mol. The van der Waals surface area contributed by atoms with Crippen molar-refractivity contribution in [2.45, 2.75) is 65.8 Å². The molecule has 2 aromatic rings. The quantitative estimate of drug-likeness (QED) is 0.907. The molecular weight excluding hydrogens is 298 g/mol. The summed E-state index contributed by atoms with van der Waals surface area (Å²) in [4.78, 5) is 12.5. The van der Waals surface area contributed by atoms with Crippen molar-refractivity contribution in [3.8, 4) is 0 Å². The fourth-order valence-electron chi connectivity index (χ4n) is 2.52. The number of hydrogen-bond acceptors (Lipinski definition) is 2. The molecule has 1 heterocycles. The molecule has 0 radical (unpaired) electrons. The summed E-state index contributed by atoms with van der Waals surface area (Å²) in [5, 5.41) is 7.78. The number of benzene rings is 1. The molecule has 0 aliphatic carbocycles. The van der Waals surface area contributed by atoms with Crippen molar-refractivity contribution in [3.63, 3.8) is 0 Å². The summed E-state index contributed by atoms with van der Waals surface area (Å²) in [6.45, 7) is 14.7. The number of aryl methyl sites for hydroxylation is 1. The molecule has 1 aromatic heterocycles. The van der Waals surface area contributed by atoms with Gasteiger partial charge in [-0.05, 0) is 38.8 Å². The molecule has 1 N–H and O–H groups in total. The van der Waals surface area contributed by atoms with Crippen LogP contribution >= 0.6 is 0 Å². The Labute approximate surface area is 145 Å². The number of amides is 1. The molecule has 0 saturated heterocycles. The molecule has 0 saturated carbocycles. The van der Waals surface area contributed by atoms with Gasteiger partial charge in [-0.1, -0.05) is 45.0 Å². The second-order valence-corrected chi connectivity index (χ2v) is 8.40. The Bertz CT molecular complexity index is 730. The van der Waals surface area contributed by atoms with Crippen LogP contribution in [0, 0.1) is 6.92 Å². The third-order valence-corrected chi connectivity index (χ3v) is 3.99. The Morgan fingerprint density at radius 1 is 1.12 bits per heavy atom. The molecular formula is C20H29N3O. The van der Waals surface area contributed by atoms with Crippen LogP contribution in [0.3, 0.4) is 0 Å². The van der Waals surface area contributed by atoms with E-state index in [1.54, 1.807) is 0 Å². The first-order chi connectivity index (χ1) is 11.0. The first kappa shape index (κ1) is 18.2. The van der Waals surface area contributed by atoms with Gasteiger partial charge in [-0.2, -0.15) is 5.10 Å². The number of carbonyl (C=O) groups excluding carboxylic acids is 1. The zero-order valence-corrected chi connectivity index (χ0v) is 15.9. The second-order valence-electron chi connectivity index (χ2n) is 8.40. The molecule has 0 fully saturated rings. The summed E-state index contributed by atoms with van der Waals surface area (Å²) < 4.78 is 1.91. The monoisotopic (exact) mass is 327 g/mol. The predicted octanol–water partition coefficient (Wildman–Crippen LogP) is 4.43. The van der Waals surface area contributed by atoms with E-state index in [0.29, 0.717) is 6.42 Å². The largest absolute Gasteiger partial charge is 0.311 e. The number of aromatic nitrogens is 2. The highest BCUT2D eigenvalue weighted by atomic mass is 16.1. The van der Waals surface area contributed by atoms with Gasteiger partial charge in [0.05, 0.1) is 17.7 Å². The van der Waals surface area contributed by atoms with Crippen molar-refractivity contribution in [2.75, 3.05) is 5.32 Å². The van der Waals surface area contributed by atoms with Crippen LogP contribution in [0.2, 0.25) is 0 Å². The van der Waals surface area contributed by atoms with Gasteiger partial charge in [0.25, 0.3) is 0 Å². The summed E-state index contributed by atoms with van der Waals surface area (Å²) >= 11 is 0. The van der Waals surface area contributed by atoms with Crippen LogP contribution < -0.4 is 5.32 Å². The van der Waals surface area contributed by atoms with Crippen LogP contribution in [0.1, 0.15) is 58.4 Å². The topological polar surface area (TPSA) is 46.9 Å². The van der Waals surface area contributed by atoms with Crippen LogP contribution in [0.5, 0.6) is 0 Å². The first-order valence-electron chi connectivity index (χ1n) is 8.44. The molecule has 4 heteroatoms. The molecule has 1 aromatic carbocycles. The molecule has 0 atom stereocenters. The van der Waals surface area contributed by atoms with Crippen LogP contribution in [0.15, 0.2) is 30.3 Å². The number of hydrogen-bond donors (Lipinski definition) is 1. The number of carbonyl (C=O) groups is 1. The Morgan fingerprint density at radius 3 is 2.29 bits per heavy atom. The minimum absolute atomic E-state index is 0.0184. The number of rotatable bonds is 3. The third kappa shape index (κ3) is 4.25. The highest BCUT2D eigenvalue weighted by Gasteiger charge is 2.25. The van der Waals surface area contributed by atoms with Gasteiger partial charge in [-0.15, -0.1) is 0 Å². The van der Waals surface area contributed by atoms with Gasteiger partial charge in [0, 0.05) is 11.5 Å². The lowest BCUT2D eigenvalue weighted by Gasteiger charge is -2.23. The van der Waals surface area contributed by atoms with Gasteiger partial charge in [-0.25, -0.2) is 4.68 Å². The van der Waals surface area contributed by atoms with E-state index < -0.39 is 0 Å². The number of anilines is 1. The fourth-order valence-corrected chi connectivity index (χ4v) is 2.52. The lowest BCUT2D eigenvalue weighted by molar-refractivity contribution is -0.115. The summed E-state index contributed by atoms with van der Waals surface area (Å²) in [6.07, 6.45) is 0.368. The van der Waals surface area contributed by atoms with Crippen molar-refractivity contribution in [2.24, 2.45) is 0 Å². The zero-order valence-electron chi connectivity index (χ0n) is 15.9. The number of nitrogens with one attached hydrogen (secondary N) is 1. The zero-order chi connectivity index (χ0) is 18.1. The maximum absolute atomic E-state index is 12.5. The van der Waals surface area contributed by atoms with E-state index in [4.69, 9.17) is 5.10 Å². The smallest absolute Gasteiger partial charge is 0.229 e. The SMILES string of the molecule is Cc1ccccc1CC(=O)Nc1cc(C(C)(C)C)nn1C(C)(C)C. The number of nitrogens with zero attached hydrogens (tertiary/aromatic N) is 2. The maximum Gasteiger partial charge on any atom is 0.229 e. The second kappa shape index (κ2) is 6.42. The molecule has 0 unspecified atom stereocenters. The molecule has 24 heavy (non-hydrogen) atoms. The lowest BCUT2D eigenvalue weighted by atomic mass is 9.92. The van der Waals surface area contributed by atoms with Gasteiger partial charge in [0.1, 0.15) is 5.82 Å². The third-order valence-electron chi connectivity index (χ3n) is 3.99. The Morgan fingerprint density at radius 2 is 1.75 bits per heavy atom. The lowest BCUT2D eigenvalue weighted by Crippen LogP contribution is -2.27. The highest BCUT2D eigenvalue weighted by Crippen LogP contribution is 2.28. The van der Waals surface area contributed by atoms with Gasteiger partial charge in [0.15, 0.2) is 0 Å². The molecule has 0 spiro atoms. The van der Waals surface area contributed by atoms with Crippen molar-refractivity contribution in [1.29, 1.82) is 0 Å². The maximum atomic E-state index is 12.5. The summed E-state index contributed by atoms with van der Waals surface area (Å²) in [6, 6.07) is 9.96. The molecule has 1 amide bonds. The Hall–Kier alpha value is -2.10. The molecule has 0 bridgehead atoms. The average Bonchev–Trinajstić information content (AvgIpc) is 2.85. The summed E-state index contributed by atoms with van der Waals surface area (Å²) in [7, 11) is 0. The van der Waals surface area contributed by atoms with E-state index in [-0.39, 0.29) is 16.9 Å². The molecule has 130 valence electrons. The van der Waals surface area contributed by atoms with Crippen molar-refractivity contribution in [1.82, 2.24) is 9.78 Å². The van der Waals surface area contributed by atoms with Crippen LogP contribution in [-0.2, 0) is 22.2 Å². The van der Waals surface area contributed by atoms with Crippen LogP contribution in [0.25, 0.3) is 0 Å². The van der Waals surface area contributed by atoms with Crippen molar-refractivity contribution < 1.29 is 4.79 Å². The highest BCUT2D eigenvalue weighted by molar-refractivity contribution is 5.91. The van der Waals surface area contributed by atoms with Crippen molar-refractivity contribution >= 4 is 11.7 Å². The van der Waals surface area contributed by atoms with E-state index in [1.165, 1.54) is 0 Å². The molecule has 4 nitrogen and oxygen atoms in total. The fraction of sp³-hybridized carbons (Fsp3) is 0.500. The standard InChI is InChI=1S/C20H29N3O/c1-14-10-8-9-11-15(14)12-18(24)21-17-13-16(19(2,3)4)22-23(17)20(5,6)7/h8-11,13H,12H2,1-7H3,(H,21,24). The van der Waals surface area contributed by atoms with Gasteiger partial charge >= 0.3 is 0 Å². The van der Waals surface area contributed by atoms with Gasteiger partial charge < -0.3 is 5.32 Å². The Balaban J connectivity index is 2.27. The predicted molar refractivity (Wildman–Crippen MR) is 99.4 cm³/mol. The minimum Gasteiger partial charge on any atom is -0.311 e. The summed E-state index contributed by atoms with van der Waals surface area (Å²) in [5.41, 5.74) is 2.89. The van der Waals surface area contributed by atoms with Crippen LogP contribution in [0.4, 0.5) is 5.82 Å². The van der Waals surface area contributed by atoms with E-state index in [0.717, 1.165) is 22.6 Å². The first-order valence-corrected chi connectivity index (χ1v) is 8.44. The normalized spacial score (nSPS) is 12.3. The van der Waals surface area contributed by atoms with Gasteiger partial charge in [-0.3, -0.25) is 4.79 Å². The molecule has 2 rings (SSSR count). The molecule has 0 aliphatic rings. The summed E-state index contributed by atoms with van der Waals surface area (Å²) in [5.74, 6) is 0.737. The van der Waals surface area contributed by atoms with E-state index >= 15 is 0 Å². The molecule has 0 aliphatic heterocycles. The van der Waals surface area contributed by atoms with E-state index in [9.17, 15) is 4.79 Å².